The Bertz CT molecular complexity index is 1770. The van der Waals surface area contributed by atoms with Crippen LogP contribution in [0.2, 0.25) is 5.02 Å². The van der Waals surface area contributed by atoms with Crippen molar-refractivity contribution in [3.8, 4) is 5.75 Å². The van der Waals surface area contributed by atoms with Gasteiger partial charge in [-0.1, -0.05) is 50.1 Å². The molecule has 3 heterocycles. The van der Waals surface area contributed by atoms with Gasteiger partial charge in [-0.25, -0.2) is 4.21 Å². The van der Waals surface area contributed by atoms with Gasteiger partial charge in [0.15, 0.2) is 6.29 Å². The molecule has 2 bridgehead atoms. The number of allylic oxidation sites excluding steroid dienone is 1. The summed E-state index contributed by atoms with van der Waals surface area (Å²) in [6.07, 6.45) is 10.9. The molecule has 1 amide bonds. The van der Waals surface area contributed by atoms with Crippen LogP contribution in [0, 0.1) is 17.8 Å². The average molecular weight is 736 g/mol. The van der Waals surface area contributed by atoms with Crippen molar-refractivity contribution >= 4 is 34.2 Å². The summed E-state index contributed by atoms with van der Waals surface area (Å²) in [6, 6.07) is 13.5. The second kappa shape index (κ2) is 16.2. The van der Waals surface area contributed by atoms with Crippen molar-refractivity contribution in [2.45, 2.75) is 75.9 Å². The number of carbonyl (C=O) groups is 1. The van der Waals surface area contributed by atoms with E-state index in [1.165, 1.54) is 11.1 Å². The summed E-state index contributed by atoms with van der Waals surface area (Å²) in [6.45, 7) is 7.81. The van der Waals surface area contributed by atoms with Gasteiger partial charge in [0.2, 0.25) is 0 Å². The lowest BCUT2D eigenvalue weighted by Gasteiger charge is -2.48. The molecule has 1 aromatic heterocycles. The molecule has 274 valence electrons. The number of nitrogens with zero attached hydrogens (tertiary/aromatic N) is 2. The predicted octanol–water partition coefficient (Wildman–Crippen LogP) is 7.25. The molecular formula is C40H50ClN3O6S. The van der Waals surface area contributed by atoms with Crippen LogP contribution < -0.4 is 14.4 Å². The number of hydrogen-bond donors (Lipinski definition) is 2. The summed E-state index contributed by atoms with van der Waals surface area (Å²) in [4.78, 5) is 20.4. The average Bonchev–Trinajstić information content (AvgIpc) is 3.29. The van der Waals surface area contributed by atoms with Crippen molar-refractivity contribution < 1.29 is 28.3 Å². The topological polar surface area (TPSA) is 110 Å². The Balaban J connectivity index is 1.44. The maximum Gasteiger partial charge on any atom is 0.263 e. The molecule has 51 heavy (non-hydrogen) atoms. The number of ether oxygens (including phenoxy) is 3. The molecule has 0 saturated heterocycles. The highest BCUT2D eigenvalue weighted by Gasteiger charge is 2.47. The Morgan fingerprint density at radius 2 is 1.92 bits per heavy atom. The summed E-state index contributed by atoms with van der Waals surface area (Å²) in [5.41, 5.74) is 3.71. The molecule has 0 spiro atoms. The molecule has 6 rings (SSSR count). The maximum absolute atomic E-state index is 13.5. The van der Waals surface area contributed by atoms with Gasteiger partial charge in [0.1, 0.15) is 22.3 Å². The number of amides is 1. The number of halogens is 1. The van der Waals surface area contributed by atoms with Gasteiger partial charge in [-0.05, 0) is 92.0 Å². The number of carbonyl (C=O) groups excluding carboxylic acids is 1. The van der Waals surface area contributed by atoms with E-state index in [0.717, 1.165) is 36.9 Å². The van der Waals surface area contributed by atoms with Crippen LogP contribution in [0.5, 0.6) is 5.75 Å². The van der Waals surface area contributed by atoms with Gasteiger partial charge in [-0.3, -0.25) is 14.5 Å². The van der Waals surface area contributed by atoms with Crippen molar-refractivity contribution in [3.05, 3.63) is 99.9 Å². The number of aromatic nitrogens is 1. The maximum atomic E-state index is 13.5. The third kappa shape index (κ3) is 7.90. The number of pyridine rings is 1. The van der Waals surface area contributed by atoms with Crippen molar-refractivity contribution in [2.24, 2.45) is 17.8 Å². The molecule has 2 aromatic carbocycles. The fraction of sp³-hybridized carbons (Fsp3) is 0.500. The number of nitrogens with one attached hydrogen (secondary N) is 1. The monoisotopic (exact) mass is 735 g/mol. The zero-order chi connectivity index (χ0) is 36.3. The van der Waals surface area contributed by atoms with Crippen LogP contribution in [0.15, 0.2) is 67.0 Å². The van der Waals surface area contributed by atoms with Gasteiger partial charge in [0.05, 0.1) is 17.5 Å². The molecule has 11 heteroatoms. The number of methoxy groups -OCH3 is 2. The van der Waals surface area contributed by atoms with Crippen molar-refractivity contribution in [2.75, 3.05) is 38.8 Å². The molecule has 3 aromatic rings. The smallest absolute Gasteiger partial charge is 0.263 e. The van der Waals surface area contributed by atoms with E-state index in [1.54, 1.807) is 32.7 Å². The van der Waals surface area contributed by atoms with Gasteiger partial charge in [-0.15, -0.1) is 0 Å². The van der Waals surface area contributed by atoms with Crippen LogP contribution >= 0.6 is 11.6 Å². The van der Waals surface area contributed by atoms with Crippen LogP contribution in [0.1, 0.15) is 91.3 Å². The summed E-state index contributed by atoms with van der Waals surface area (Å²) < 4.78 is 33.8. The SMILES string of the molecule is CCCc1cc(Cl)ccc1C1COc2ccc3cc2N(C1)CC1CCC1[C@](O)(c1cncc(C(OC)OC)c1)/C=C/CC(C)C(C)S(=O)NC3=O. The van der Waals surface area contributed by atoms with Gasteiger partial charge in [0.25, 0.3) is 5.91 Å². The Kier molecular flexibility index (Phi) is 11.9. The predicted molar refractivity (Wildman–Crippen MR) is 201 cm³/mol. The Hall–Kier alpha value is -3.28. The molecule has 2 N–H and O–H groups in total. The standard InChI is InChI=1S/C40H50ClN3O6S/c1-6-8-27-18-33(41)12-13-34(27)31-23-44-22-29-10-14-35(29)40(46,32-17-30(20-42-21-32)39(48-4)49-5)16-7-9-25(2)26(3)51(47)43-38(45)28-11-15-37(50-24-31)36(44)19-28/h7,11-13,15-21,25-26,29,31,35,39,46H,6,8-10,14,22-24H2,1-5H3,(H,43,45)/b16-7+/t25?,26?,29?,31?,35?,40-,51?/m1/s1. The second-order valence-electron chi connectivity index (χ2n) is 14.3. The highest BCUT2D eigenvalue weighted by atomic mass is 35.5. The third-order valence-corrected chi connectivity index (χ3v) is 12.8. The Labute approximate surface area is 309 Å². The largest absolute Gasteiger partial charge is 0.491 e. The van der Waals surface area contributed by atoms with Crippen molar-refractivity contribution in [3.63, 3.8) is 0 Å². The lowest BCUT2D eigenvalue weighted by atomic mass is 9.62. The normalized spacial score (nSPS) is 28.9. The number of rotatable bonds is 7. The molecule has 9 nitrogen and oxygen atoms in total. The minimum absolute atomic E-state index is 0.0344. The first-order valence-corrected chi connectivity index (χ1v) is 19.6. The lowest BCUT2D eigenvalue weighted by molar-refractivity contribution is -0.106. The van der Waals surface area contributed by atoms with Crippen LogP contribution in [-0.4, -0.2) is 59.4 Å². The molecule has 1 aliphatic carbocycles. The van der Waals surface area contributed by atoms with E-state index in [0.29, 0.717) is 48.0 Å². The minimum atomic E-state index is -1.63. The molecule has 2 aliphatic heterocycles. The number of hydrogen-bond acceptors (Lipinski definition) is 8. The van der Waals surface area contributed by atoms with Gasteiger partial charge in [-0.2, -0.15) is 0 Å². The quantitative estimate of drug-likeness (QED) is 0.193. The molecule has 7 atom stereocenters. The number of anilines is 1. The van der Waals surface area contributed by atoms with Crippen LogP contribution in [-0.2, 0) is 32.5 Å². The fourth-order valence-corrected chi connectivity index (χ4v) is 9.04. The molecule has 3 aliphatic rings. The summed E-state index contributed by atoms with van der Waals surface area (Å²) in [7, 11) is 1.53. The highest BCUT2D eigenvalue weighted by molar-refractivity contribution is 7.84. The highest BCUT2D eigenvalue weighted by Crippen LogP contribution is 2.50. The van der Waals surface area contributed by atoms with E-state index in [1.807, 2.05) is 50.3 Å². The first kappa shape index (κ1) is 37.5. The van der Waals surface area contributed by atoms with E-state index in [9.17, 15) is 14.1 Å². The zero-order valence-corrected chi connectivity index (χ0v) is 31.7. The third-order valence-electron chi connectivity index (χ3n) is 11.1. The van der Waals surface area contributed by atoms with Gasteiger partial charge >= 0.3 is 0 Å². The van der Waals surface area contributed by atoms with E-state index in [2.05, 4.69) is 33.7 Å². The fourth-order valence-electron chi connectivity index (χ4n) is 7.82. The van der Waals surface area contributed by atoms with E-state index in [-0.39, 0.29) is 34.8 Å². The summed E-state index contributed by atoms with van der Waals surface area (Å²) in [5, 5.41) is 13.2. The van der Waals surface area contributed by atoms with Crippen molar-refractivity contribution in [1.82, 2.24) is 9.71 Å². The number of aryl methyl sites for hydroxylation is 1. The molecule has 6 unspecified atom stereocenters. The number of benzene rings is 2. The lowest BCUT2D eigenvalue weighted by Crippen LogP contribution is -2.49. The van der Waals surface area contributed by atoms with Crippen molar-refractivity contribution in [1.29, 1.82) is 0 Å². The molecular weight excluding hydrogens is 686 g/mol. The minimum Gasteiger partial charge on any atom is -0.491 e. The van der Waals surface area contributed by atoms with Crippen LogP contribution in [0.4, 0.5) is 5.69 Å². The first-order chi connectivity index (χ1) is 24.6. The van der Waals surface area contributed by atoms with Gasteiger partial charge in [0, 0.05) is 73.3 Å². The van der Waals surface area contributed by atoms with Crippen LogP contribution in [0.3, 0.4) is 0 Å². The van der Waals surface area contributed by atoms with E-state index in [4.69, 9.17) is 25.8 Å². The summed E-state index contributed by atoms with van der Waals surface area (Å²) >= 11 is 6.46. The van der Waals surface area contributed by atoms with Crippen LogP contribution in [0.25, 0.3) is 0 Å². The number of fused-ring (bicyclic) bond motifs is 2. The van der Waals surface area contributed by atoms with E-state index < -0.39 is 22.9 Å². The molecule has 0 radical (unpaired) electrons. The second-order valence-corrected chi connectivity index (χ2v) is 16.3. The zero-order valence-electron chi connectivity index (χ0n) is 30.1. The van der Waals surface area contributed by atoms with E-state index >= 15 is 0 Å². The summed E-state index contributed by atoms with van der Waals surface area (Å²) in [5.74, 6) is 0.309. The Morgan fingerprint density at radius 3 is 2.65 bits per heavy atom. The molecule has 1 fully saturated rings. The number of aliphatic hydroxyl groups is 1. The van der Waals surface area contributed by atoms with Gasteiger partial charge < -0.3 is 24.2 Å². The molecule has 1 saturated carbocycles. The first-order valence-electron chi connectivity index (χ1n) is 18.0. The Morgan fingerprint density at radius 1 is 1.12 bits per heavy atom.